The van der Waals surface area contributed by atoms with Gasteiger partial charge >= 0.3 is 6.18 Å². The molecule has 0 atom stereocenters. The zero-order valence-electron chi connectivity index (χ0n) is 11.1. The molecule has 0 aromatic heterocycles. The lowest BCUT2D eigenvalue weighted by atomic mass is 10.1. The van der Waals surface area contributed by atoms with E-state index in [4.69, 9.17) is 5.11 Å². The van der Waals surface area contributed by atoms with E-state index < -0.39 is 36.7 Å². The molecule has 0 fully saturated rings. The van der Waals surface area contributed by atoms with E-state index in [0.717, 1.165) is 6.07 Å². The molecule has 1 amide bonds. The molecular formula is C12H13F3N2O4. The summed E-state index contributed by atoms with van der Waals surface area (Å²) in [5.41, 5.74) is -0.225. The Morgan fingerprint density at radius 3 is 2.48 bits per heavy atom. The molecule has 0 heterocycles. The second-order valence-corrected chi connectivity index (χ2v) is 4.38. The lowest BCUT2D eigenvalue weighted by molar-refractivity contribution is -0.384. The highest BCUT2D eigenvalue weighted by Gasteiger charge is 2.33. The van der Waals surface area contributed by atoms with Gasteiger partial charge in [-0.3, -0.25) is 14.9 Å². The summed E-state index contributed by atoms with van der Waals surface area (Å²) in [7, 11) is 0. The highest BCUT2D eigenvalue weighted by Crippen LogP contribution is 2.21. The number of amides is 1. The predicted octanol–water partition coefficient (Wildman–Crippen LogP) is 1.90. The summed E-state index contributed by atoms with van der Waals surface area (Å²) in [5, 5.41) is 19.5. The molecule has 1 N–H and O–H groups in total. The molecule has 0 spiro atoms. The van der Waals surface area contributed by atoms with Crippen LogP contribution in [-0.4, -0.2) is 46.7 Å². The van der Waals surface area contributed by atoms with Crippen molar-refractivity contribution in [2.75, 3.05) is 19.7 Å². The molecule has 0 aliphatic heterocycles. The summed E-state index contributed by atoms with van der Waals surface area (Å²) < 4.78 is 37.2. The van der Waals surface area contributed by atoms with E-state index in [1.807, 2.05) is 0 Å². The van der Waals surface area contributed by atoms with Gasteiger partial charge in [0, 0.05) is 24.2 Å². The lowest BCUT2D eigenvalue weighted by Crippen LogP contribution is -2.40. The molecule has 1 aromatic rings. The first-order valence-corrected chi connectivity index (χ1v) is 5.87. The molecule has 116 valence electrons. The van der Waals surface area contributed by atoms with E-state index in [1.54, 1.807) is 0 Å². The second kappa shape index (κ2) is 6.53. The smallest absolute Gasteiger partial charge is 0.395 e. The van der Waals surface area contributed by atoms with Crippen LogP contribution in [0.3, 0.4) is 0 Å². The quantitative estimate of drug-likeness (QED) is 0.665. The van der Waals surface area contributed by atoms with Crippen molar-refractivity contribution in [1.82, 2.24) is 4.90 Å². The minimum absolute atomic E-state index is 0.223. The number of hydrogen-bond acceptors (Lipinski definition) is 4. The van der Waals surface area contributed by atoms with Gasteiger partial charge in [0.15, 0.2) is 0 Å². The maximum absolute atomic E-state index is 12.4. The fraction of sp³-hybridized carbons (Fsp3) is 0.417. The number of alkyl halides is 3. The Morgan fingerprint density at radius 2 is 2.00 bits per heavy atom. The van der Waals surface area contributed by atoms with E-state index in [2.05, 4.69) is 0 Å². The summed E-state index contributed by atoms with van der Waals surface area (Å²) in [4.78, 5) is 22.4. The van der Waals surface area contributed by atoms with Crippen molar-refractivity contribution >= 4 is 11.6 Å². The number of aryl methyl sites for hydroxylation is 1. The highest BCUT2D eigenvalue weighted by atomic mass is 19.4. The lowest BCUT2D eigenvalue weighted by Gasteiger charge is -2.23. The summed E-state index contributed by atoms with van der Waals surface area (Å²) in [6.07, 6.45) is -4.62. The fourth-order valence-electron chi connectivity index (χ4n) is 1.76. The second-order valence-electron chi connectivity index (χ2n) is 4.38. The summed E-state index contributed by atoms with van der Waals surface area (Å²) in [6.45, 7) is -1.20. The number of hydrogen-bond donors (Lipinski definition) is 1. The maximum atomic E-state index is 12.4. The van der Waals surface area contributed by atoms with Crippen LogP contribution in [0, 0.1) is 17.0 Å². The first-order valence-electron chi connectivity index (χ1n) is 5.87. The molecule has 1 rings (SSSR count). The van der Waals surface area contributed by atoms with Crippen LogP contribution >= 0.6 is 0 Å². The number of benzene rings is 1. The minimum Gasteiger partial charge on any atom is -0.395 e. The van der Waals surface area contributed by atoms with Crippen LogP contribution in [0.25, 0.3) is 0 Å². The van der Waals surface area contributed by atoms with Gasteiger partial charge < -0.3 is 10.0 Å². The monoisotopic (exact) mass is 306 g/mol. The molecule has 6 nitrogen and oxygen atoms in total. The Bertz CT molecular complexity index is 546. The average Bonchev–Trinajstić information content (AvgIpc) is 2.35. The van der Waals surface area contributed by atoms with Gasteiger partial charge in [0.05, 0.1) is 11.5 Å². The molecule has 0 aliphatic carbocycles. The molecule has 0 radical (unpaired) electrons. The molecule has 0 saturated heterocycles. The number of aliphatic hydroxyl groups excluding tert-OH is 1. The molecule has 0 bridgehead atoms. The topological polar surface area (TPSA) is 83.7 Å². The van der Waals surface area contributed by atoms with Crippen LogP contribution in [-0.2, 0) is 0 Å². The number of nitro groups is 1. The van der Waals surface area contributed by atoms with E-state index >= 15 is 0 Å². The van der Waals surface area contributed by atoms with Crippen LogP contribution < -0.4 is 0 Å². The Kier molecular flexibility index (Phi) is 5.25. The maximum Gasteiger partial charge on any atom is 0.406 e. The number of aliphatic hydroxyl groups is 1. The van der Waals surface area contributed by atoms with Crippen LogP contribution in [0.1, 0.15) is 15.9 Å². The van der Waals surface area contributed by atoms with Gasteiger partial charge in [-0.25, -0.2) is 0 Å². The number of nitrogens with zero attached hydrogens (tertiary/aromatic N) is 2. The largest absolute Gasteiger partial charge is 0.406 e. The average molecular weight is 306 g/mol. The van der Waals surface area contributed by atoms with Crippen molar-refractivity contribution < 1.29 is 28.0 Å². The van der Waals surface area contributed by atoms with E-state index in [-0.39, 0.29) is 11.3 Å². The number of non-ortho nitro benzene ring substituents is 1. The number of carbonyl (C=O) groups is 1. The number of rotatable bonds is 5. The third-order valence-corrected chi connectivity index (χ3v) is 2.55. The molecule has 9 heteroatoms. The number of carbonyl (C=O) groups excluding carboxylic acids is 1. The van der Waals surface area contributed by atoms with Crippen LogP contribution in [0.2, 0.25) is 0 Å². The van der Waals surface area contributed by atoms with Gasteiger partial charge in [-0.15, -0.1) is 0 Å². The van der Waals surface area contributed by atoms with Crippen molar-refractivity contribution in [2.45, 2.75) is 13.1 Å². The van der Waals surface area contributed by atoms with E-state index in [9.17, 15) is 28.1 Å². The Morgan fingerprint density at radius 1 is 1.38 bits per heavy atom. The fourth-order valence-corrected chi connectivity index (χ4v) is 1.76. The van der Waals surface area contributed by atoms with Gasteiger partial charge in [-0.1, -0.05) is 0 Å². The van der Waals surface area contributed by atoms with Crippen molar-refractivity contribution in [3.63, 3.8) is 0 Å². The van der Waals surface area contributed by atoms with E-state index in [0.29, 0.717) is 10.5 Å². The first kappa shape index (κ1) is 16.9. The Balaban J connectivity index is 3.11. The molecule has 0 unspecified atom stereocenters. The summed E-state index contributed by atoms with van der Waals surface area (Å²) in [5.74, 6) is -1.02. The zero-order chi connectivity index (χ0) is 16.2. The molecule has 0 aliphatic rings. The Hall–Kier alpha value is -2.16. The summed E-state index contributed by atoms with van der Waals surface area (Å²) in [6, 6.07) is 3.38. The van der Waals surface area contributed by atoms with Crippen molar-refractivity contribution in [1.29, 1.82) is 0 Å². The van der Waals surface area contributed by atoms with Gasteiger partial charge in [0.25, 0.3) is 11.6 Å². The zero-order valence-corrected chi connectivity index (χ0v) is 11.1. The molecular weight excluding hydrogens is 293 g/mol. The number of nitro benzene ring substituents is 1. The third-order valence-electron chi connectivity index (χ3n) is 2.55. The normalized spacial score (nSPS) is 11.3. The minimum atomic E-state index is -4.62. The van der Waals surface area contributed by atoms with Crippen LogP contribution in [0.4, 0.5) is 18.9 Å². The molecule has 0 saturated carbocycles. The van der Waals surface area contributed by atoms with Crippen LogP contribution in [0.15, 0.2) is 18.2 Å². The molecule has 1 aromatic carbocycles. The SMILES string of the molecule is Cc1cc(C(=O)N(CCO)CC(F)(F)F)cc([N+](=O)[O-])c1. The van der Waals surface area contributed by atoms with Gasteiger partial charge in [-0.2, -0.15) is 13.2 Å². The number of halogens is 3. The Labute approximate surface area is 117 Å². The van der Waals surface area contributed by atoms with Crippen molar-refractivity contribution in [3.8, 4) is 0 Å². The third kappa shape index (κ3) is 5.03. The first-order chi connectivity index (χ1) is 9.64. The van der Waals surface area contributed by atoms with Gasteiger partial charge in [-0.05, 0) is 18.6 Å². The highest BCUT2D eigenvalue weighted by molar-refractivity contribution is 5.95. The van der Waals surface area contributed by atoms with Crippen LogP contribution in [0.5, 0.6) is 0 Å². The standard InChI is InChI=1S/C12H13F3N2O4/c1-8-4-9(6-10(5-8)17(20)21)11(19)16(2-3-18)7-12(13,14)15/h4-6,18H,2-3,7H2,1H3. The van der Waals surface area contributed by atoms with Gasteiger partial charge in [0.1, 0.15) is 6.54 Å². The van der Waals surface area contributed by atoms with E-state index in [1.165, 1.54) is 19.1 Å². The predicted molar refractivity (Wildman–Crippen MR) is 66.9 cm³/mol. The molecule has 21 heavy (non-hydrogen) atoms. The van der Waals surface area contributed by atoms with Crippen molar-refractivity contribution in [3.05, 3.63) is 39.4 Å². The van der Waals surface area contributed by atoms with Gasteiger partial charge in [0.2, 0.25) is 0 Å². The van der Waals surface area contributed by atoms with Crippen molar-refractivity contribution in [2.24, 2.45) is 0 Å². The summed E-state index contributed by atoms with van der Waals surface area (Å²) >= 11 is 0.